The van der Waals surface area contributed by atoms with E-state index in [1.54, 1.807) is 35.2 Å². The Morgan fingerprint density at radius 3 is 2.33 bits per heavy atom. The molecule has 0 saturated carbocycles. The zero-order valence-corrected chi connectivity index (χ0v) is 25.4. The van der Waals surface area contributed by atoms with Crippen LogP contribution in [0.5, 0.6) is 5.75 Å². The number of piperidine rings is 1. The highest BCUT2D eigenvalue weighted by molar-refractivity contribution is 7.89. The Morgan fingerprint density at radius 1 is 0.930 bits per heavy atom. The Labute approximate surface area is 253 Å². The van der Waals surface area contributed by atoms with Crippen molar-refractivity contribution in [3.63, 3.8) is 0 Å². The summed E-state index contributed by atoms with van der Waals surface area (Å²) in [4.78, 5) is 18.8. The summed E-state index contributed by atoms with van der Waals surface area (Å²) in [6, 6.07) is 30.8. The fraction of sp³-hybridized carbons (Fsp3) is 0.294. The summed E-state index contributed by atoms with van der Waals surface area (Å²) >= 11 is 0. The van der Waals surface area contributed by atoms with Crippen LogP contribution >= 0.6 is 0 Å². The van der Waals surface area contributed by atoms with E-state index >= 15 is 0 Å². The summed E-state index contributed by atoms with van der Waals surface area (Å²) in [5, 5.41) is 2.01. The topological polar surface area (TPSA) is 89.3 Å². The second-order valence-electron chi connectivity index (χ2n) is 11.5. The molecule has 0 aromatic heterocycles. The van der Waals surface area contributed by atoms with Gasteiger partial charge < -0.3 is 14.4 Å². The fourth-order valence-corrected chi connectivity index (χ4v) is 5.78. The number of nitrogens with zero attached hydrogens (tertiary/aromatic N) is 2. The highest BCUT2D eigenvalue weighted by Crippen LogP contribution is 2.24. The van der Waals surface area contributed by atoms with Gasteiger partial charge in [-0.1, -0.05) is 36.4 Å². The van der Waals surface area contributed by atoms with Crippen molar-refractivity contribution in [3.05, 3.63) is 107 Å². The van der Waals surface area contributed by atoms with Gasteiger partial charge in [-0.15, -0.1) is 0 Å². The van der Waals surface area contributed by atoms with E-state index in [0.29, 0.717) is 13.1 Å². The molecule has 8 nitrogen and oxygen atoms in total. The van der Waals surface area contributed by atoms with Crippen LogP contribution in [0.3, 0.4) is 0 Å². The second kappa shape index (κ2) is 12.9. The molecule has 0 atom stereocenters. The van der Waals surface area contributed by atoms with Crippen LogP contribution in [0.25, 0.3) is 15.6 Å². The van der Waals surface area contributed by atoms with Gasteiger partial charge in [-0.05, 0) is 84.4 Å². The minimum Gasteiger partial charge on any atom is -0.490 e. The number of nitrogens with one attached hydrogen (secondary N) is 1. The quantitative estimate of drug-likeness (QED) is 0.256. The summed E-state index contributed by atoms with van der Waals surface area (Å²) < 4.78 is 39.4. The molecule has 1 aliphatic heterocycles. The van der Waals surface area contributed by atoms with Gasteiger partial charge in [-0.2, -0.15) is 0 Å². The number of carbonyl (C=O) groups is 1. The molecule has 5 rings (SSSR count). The molecule has 222 valence electrons. The van der Waals surface area contributed by atoms with Gasteiger partial charge in [0.15, 0.2) is 0 Å². The fourth-order valence-electron chi connectivity index (χ4n) is 4.74. The van der Waals surface area contributed by atoms with E-state index in [2.05, 4.69) is 15.6 Å². The number of ether oxygens (including phenoxy) is 2. The van der Waals surface area contributed by atoms with Crippen LogP contribution in [0.1, 0.15) is 44.7 Å². The average Bonchev–Trinajstić information content (AvgIpc) is 2.99. The largest absolute Gasteiger partial charge is 0.490 e. The molecule has 0 bridgehead atoms. The molecule has 1 N–H and O–H groups in total. The average molecular weight is 599 g/mol. The molecule has 1 heterocycles. The highest BCUT2D eigenvalue weighted by Gasteiger charge is 2.27. The predicted molar refractivity (Wildman–Crippen MR) is 168 cm³/mol. The summed E-state index contributed by atoms with van der Waals surface area (Å²) in [6.45, 7) is 7.00. The van der Waals surface area contributed by atoms with Crippen LogP contribution in [0.4, 0.5) is 10.5 Å². The first kappa shape index (κ1) is 30.1. The summed E-state index contributed by atoms with van der Waals surface area (Å²) in [5.74, 6) is 0.760. The number of rotatable bonds is 6. The lowest BCUT2D eigenvalue weighted by Crippen LogP contribution is -2.44. The molecule has 0 radical (unpaired) electrons. The van der Waals surface area contributed by atoms with E-state index in [1.807, 2.05) is 81.4 Å². The smallest absolute Gasteiger partial charge is 0.410 e. The number of carbonyl (C=O) groups excluding carboxylic acids is 1. The maximum Gasteiger partial charge on any atom is 0.410 e. The molecule has 9 heteroatoms. The van der Waals surface area contributed by atoms with Gasteiger partial charge in [-0.25, -0.2) is 17.9 Å². The van der Waals surface area contributed by atoms with Gasteiger partial charge in [0.05, 0.1) is 4.90 Å². The lowest BCUT2D eigenvalue weighted by Gasteiger charge is -2.33. The number of hydrogen-bond donors (Lipinski definition) is 1. The normalized spacial score (nSPS) is 14.2. The van der Waals surface area contributed by atoms with E-state index in [1.165, 1.54) is 0 Å². The molecular weight excluding hydrogens is 562 g/mol. The molecule has 1 amide bonds. The van der Waals surface area contributed by atoms with Gasteiger partial charge >= 0.3 is 17.8 Å². The van der Waals surface area contributed by atoms with Gasteiger partial charge in [0.1, 0.15) is 23.0 Å². The van der Waals surface area contributed by atoms with Crippen molar-refractivity contribution in [2.45, 2.75) is 56.8 Å². The van der Waals surface area contributed by atoms with Gasteiger partial charge in [0.25, 0.3) is 0 Å². The van der Waals surface area contributed by atoms with E-state index in [4.69, 9.17) is 9.47 Å². The minimum absolute atomic E-state index is 0.0377. The number of likely N-dealkylation sites (tertiary alicyclic amines) is 1. The molecule has 4 aromatic rings. The summed E-state index contributed by atoms with van der Waals surface area (Å²) in [7, 11) is -3.59. The number of amides is 1. The van der Waals surface area contributed by atoms with Crippen molar-refractivity contribution >= 4 is 32.6 Å². The SMILES string of the molecule is CC(C)(C)OC(=O)N1CCC(Oc2ccc([N+]#Cc3ccc4ccc(CNS(=O)(=O)c5ccccc5)cc4c3)cc2)CC1. The lowest BCUT2D eigenvalue weighted by atomic mass is 10.0. The van der Waals surface area contributed by atoms with E-state index in [0.717, 1.165) is 46.2 Å². The van der Waals surface area contributed by atoms with Crippen LogP contribution in [0, 0.1) is 6.07 Å². The Morgan fingerprint density at radius 2 is 1.63 bits per heavy atom. The zero-order chi connectivity index (χ0) is 30.5. The minimum atomic E-state index is -3.59. The van der Waals surface area contributed by atoms with Crippen LogP contribution in [-0.2, 0) is 21.3 Å². The van der Waals surface area contributed by atoms with Gasteiger partial charge in [0, 0.05) is 44.6 Å². The third-order valence-electron chi connectivity index (χ3n) is 6.97. The molecular formula is C34H36N3O5S+. The Kier molecular flexibility index (Phi) is 9.00. The molecule has 4 aromatic carbocycles. The molecule has 1 fully saturated rings. The monoisotopic (exact) mass is 598 g/mol. The van der Waals surface area contributed by atoms with Crippen LogP contribution in [-0.4, -0.2) is 44.2 Å². The highest BCUT2D eigenvalue weighted by atomic mass is 32.2. The van der Waals surface area contributed by atoms with Crippen LogP contribution in [0.15, 0.2) is 95.9 Å². The molecule has 0 unspecified atom stereocenters. The third kappa shape index (κ3) is 8.34. The molecule has 0 spiro atoms. The number of fused-ring (bicyclic) bond motifs is 1. The maximum atomic E-state index is 12.6. The van der Waals surface area contributed by atoms with Crippen molar-refractivity contribution in [2.24, 2.45) is 0 Å². The second-order valence-corrected chi connectivity index (χ2v) is 13.3. The van der Waals surface area contributed by atoms with Crippen LogP contribution in [0.2, 0.25) is 0 Å². The van der Waals surface area contributed by atoms with Gasteiger partial charge in [0.2, 0.25) is 10.0 Å². The molecule has 1 saturated heterocycles. The van der Waals surface area contributed by atoms with Crippen molar-refractivity contribution in [1.82, 2.24) is 9.62 Å². The van der Waals surface area contributed by atoms with Crippen molar-refractivity contribution in [1.29, 1.82) is 0 Å². The summed E-state index contributed by atoms with van der Waals surface area (Å²) in [6.07, 6.45) is 1.25. The standard InChI is InChI=1S/C34H36N3O5S/c1-34(2,3)42-33(38)37-19-17-31(18-20-37)41-30-15-13-29(14-16-30)35-23-25-9-11-27-12-10-26(22-28(27)21-25)24-36-43(39,40)32-7-5-4-6-8-32/h4-16,21-22,31,36H,17-20,24H2,1-3H3/q+1. The van der Waals surface area contributed by atoms with E-state index in [-0.39, 0.29) is 23.6 Å². The Bertz CT molecular complexity index is 1750. The first-order valence-corrected chi connectivity index (χ1v) is 15.8. The zero-order valence-electron chi connectivity index (χ0n) is 24.6. The molecule has 43 heavy (non-hydrogen) atoms. The van der Waals surface area contributed by atoms with Crippen molar-refractivity contribution in [2.75, 3.05) is 13.1 Å². The van der Waals surface area contributed by atoms with Crippen molar-refractivity contribution < 1.29 is 22.7 Å². The summed E-state index contributed by atoms with van der Waals surface area (Å²) in [5.41, 5.74) is 1.91. The third-order valence-corrected chi connectivity index (χ3v) is 8.39. The lowest BCUT2D eigenvalue weighted by molar-refractivity contribution is 0.0126. The van der Waals surface area contributed by atoms with E-state index in [9.17, 15) is 13.2 Å². The van der Waals surface area contributed by atoms with E-state index < -0.39 is 15.6 Å². The van der Waals surface area contributed by atoms with Crippen molar-refractivity contribution in [3.8, 4) is 11.8 Å². The Hall–Kier alpha value is -4.39. The first-order valence-electron chi connectivity index (χ1n) is 14.3. The molecule has 0 aliphatic carbocycles. The number of hydrogen-bond acceptors (Lipinski definition) is 5. The Balaban J connectivity index is 1.17. The maximum absolute atomic E-state index is 12.6. The first-order chi connectivity index (χ1) is 20.5. The predicted octanol–water partition coefficient (Wildman–Crippen LogP) is 7.11. The van der Waals surface area contributed by atoms with Gasteiger partial charge in [-0.3, -0.25) is 0 Å². The number of benzene rings is 4. The van der Waals surface area contributed by atoms with Crippen LogP contribution < -0.4 is 9.46 Å². The number of sulfonamides is 1. The molecule has 1 aliphatic rings.